The van der Waals surface area contributed by atoms with Crippen molar-refractivity contribution in [2.75, 3.05) is 29.6 Å². The molecule has 0 fully saturated rings. The lowest BCUT2D eigenvalue weighted by Gasteiger charge is -2.11. The third kappa shape index (κ3) is 5.61. The van der Waals surface area contributed by atoms with E-state index < -0.39 is 0 Å². The van der Waals surface area contributed by atoms with Gasteiger partial charge in [0.1, 0.15) is 5.75 Å². The molecule has 0 saturated carbocycles. The van der Waals surface area contributed by atoms with Gasteiger partial charge >= 0.3 is 0 Å². The number of methoxy groups -OCH3 is 1. The van der Waals surface area contributed by atoms with E-state index in [1.54, 1.807) is 55.6 Å². The van der Waals surface area contributed by atoms with Crippen LogP contribution in [0.4, 0.5) is 17.1 Å². The molecule has 6 nitrogen and oxygen atoms in total. The van der Waals surface area contributed by atoms with Crippen LogP contribution in [0.5, 0.6) is 5.75 Å². The van der Waals surface area contributed by atoms with Crippen LogP contribution in [0.2, 0.25) is 0 Å². The highest BCUT2D eigenvalue weighted by Gasteiger charge is 2.08. The number of aryl methyl sites for hydroxylation is 2. The van der Waals surface area contributed by atoms with Gasteiger partial charge in [-0.05, 0) is 74.0 Å². The molecule has 0 atom stereocenters. The summed E-state index contributed by atoms with van der Waals surface area (Å²) in [6, 6.07) is 20.0. The number of nitrogens with one attached hydrogen (secondary N) is 3. The molecule has 30 heavy (non-hydrogen) atoms. The molecule has 6 heteroatoms. The van der Waals surface area contributed by atoms with Crippen molar-refractivity contribution in [1.29, 1.82) is 0 Å². The van der Waals surface area contributed by atoms with Crippen LogP contribution in [0.1, 0.15) is 21.5 Å². The first-order valence-corrected chi connectivity index (χ1v) is 9.61. The van der Waals surface area contributed by atoms with E-state index in [-0.39, 0.29) is 18.4 Å². The molecular formula is C24H25N3O3. The van der Waals surface area contributed by atoms with Crippen LogP contribution in [0.25, 0.3) is 0 Å². The maximum Gasteiger partial charge on any atom is 0.255 e. The predicted octanol–water partition coefficient (Wildman–Crippen LogP) is 4.61. The van der Waals surface area contributed by atoms with E-state index in [0.29, 0.717) is 11.3 Å². The predicted molar refractivity (Wildman–Crippen MR) is 120 cm³/mol. The van der Waals surface area contributed by atoms with Crippen LogP contribution < -0.4 is 20.7 Å². The summed E-state index contributed by atoms with van der Waals surface area (Å²) in [5, 5.41) is 8.80. The third-order valence-electron chi connectivity index (χ3n) is 4.60. The highest BCUT2D eigenvalue weighted by molar-refractivity contribution is 6.04. The molecule has 0 saturated heterocycles. The Balaban J connectivity index is 1.52. The van der Waals surface area contributed by atoms with Crippen LogP contribution >= 0.6 is 0 Å². The Morgan fingerprint density at radius 2 is 1.50 bits per heavy atom. The molecule has 0 spiro atoms. The fourth-order valence-corrected chi connectivity index (χ4v) is 2.95. The lowest BCUT2D eigenvalue weighted by atomic mass is 10.1. The lowest BCUT2D eigenvalue weighted by Crippen LogP contribution is -2.22. The average Bonchev–Trinajstić information content (AvgIpc) is 2.75. The topological polar surface area (TPSA) is 79.5 Å². The molecule has 0 heterocycles. The fraction of sp³-hybridized carbons (Fsp3) is 0.167. The van der Waals surface area contributed by atoms with Gasteiger partial charge in [0.2, 0.25) is 5.91 Å². The molecule has 0 aliphatic heterocycles. The van der Waals surface area contributed by atoms with Crippen LogP contribution in [0.3, 0.4) is 0 Å². The van der Waals surface area contributed by atoms with Crippen molar-refractivity contribution in [1.82, 2.24) is 0 Å². The molecule has 3 aromatic rings. The number of carbonyl (C=O) groups excluding carboxylic acids is 2. The van der Waals surface area contributed by atoms with Crippen molar-refractivity contribution in [2.45, 2.75) is 13.8 Å². The summed E-state index contributed by atoms with van der Waals surface area (Å²) in [7, 11) is 1.59. The number of benzene rings is 3. The molecular weight excluding hydrogens is 378 g/mol. The Bertz CT molecular complexity index is 1030. The minimum Gasteiger partial charge on any atom is -0.497 e. The van der Waals surface area contributed by atoms with Gasteiger partial charge in [0.05, 0.1) is 13.7 Å². The molecule has 154 valence electrons. The molecule has 0 unspecified atom stereocenters. The Kier molecular flexibility index (Phi) is 6.70. The van der Waals surface area contributed by atoms with Gasteiger partial charge in [-0.3, -0.25) is 9.59 Å². The monoisotopic (exact) mass is 403 g/mol. The molecule has 0 radical (unpaired) electrons. The van der Waals surface area contributed by atoms with Gasteiger partial charge in [-0.2, -0.15) is 0 Å². The second-order valence-corrected chi connectivity index (χ2v) is 6.98. The zero-order valence-corrected chi connectivity index (χ0v) is 17.3. The molecule has 0 bridgehead atoms. The number of rotatable bonds is 7. The highest BCUT2D eigenvalue weighted by atomic mass is 16.5. The number of anilines is 3. The highest BCUT2D eigenvalue weighted by Crippen LogP contribution is 2.18. The summed E-state index contributed by atoms with van der Waals surface area (Å²) < 4.78 is 5.11. The molecule has 0 aliphatic carbocycles. The van der Waals surface area contributed by atoms with Gasteiger partial charge in [0.15, 0.2) is 0 Å². The summed E-state index contributed by atoms with van der Waals surface area (Å²) >= 11 is 0. The van der Waals surface area contributed by atoms with Crippen molar-refractivity contribution in [3.8, 4) is 5.75 Å². The second kappa shape index (κ2) is 9.60. The first kappa shape index (κ1) is 20.9. The van der Waals surface area contributed by atoms with Crippen LogP contribution in [-0.2, 0) is 4.79 Å². The Labute approximate surface area is 176 Å². The van der Waals surface area contributed by atoms with E-state index in [4.69, 9.17) is 4.74 Å². The van der Waals surface area contributed by atoms with E-state index in [9.17, 15) is 9.59 Å². The van der Waals surface area contributed by atoms with Crippen LogP contribution in [0, 0.1) is 13.8 Å². The Morgan fingerprint density at radius 1 is 0.833 bits per heavy atom. The van der Waals surface area contributed by atoms with Gasteiger partial charge in [-0.15, -0.1) is 0 Å². The first-order chi connectivity index (χ1) is 14.4. The summed E-state index contributed by atoms with van der Waals surface area (Å²) in [5.41, 5.74) is 4.95. The van der Waals surface area contributed by atoms with Crippen LogP contribution in [0.15, 0.2) is 66.7 Å². The van der Waals surface area contributed by atoms with E-state index >= 15 is 0 Å². The number of hydrogen-bond acceptors (Lipinski definition) is 4. The zero-order chi connectivity index (χ0) is 21.5. The van der Waals surface area contributed by atoms with E-state index in [0.717, 1.165) is 28.3 Å². The zero-order valence-electron chi connectivity index (χ0n) is 17.3. The van der Waals surface area contributed by atoms with Crippen molar-refractivity contribution in [2.24, 2.45) is 0 Å². The van der Waals surface area contributed by atoms with E-state index in [1.165, 1.54) is 0 Å². The van der Waals surface area contributed by atoms with Crippen LogP contribution in [-0.4, -0.2) is 25.5 Å². The number of hydrogen-bond donors (Lipinski definition) is 3. The maximum absolute atomic E-state index is 12.4. The summed E-state index contributed by atoms with van der Waals surface area (Å²) in [4.78, 5) is 24.6. The number of carbonyl (C=O) groups is 2. The quantitative estimate of drug-likeness (QED) is 0.538. The van der Waals surface area contributed by atoms with Gasteiger partial charge in [-0.1, -0.05) is 17.7 Å². The van der Waals surface area contributed by atoms with E-state index in [2.05, 4.69) is 16.0 Å². The number of ether oxygens (including phenoxy) is 1. The lowest BCUT2D eigenvalue weighted by molar-refractivity contribution is -0.114. The average molecular weight is 403 g/mol. The van der Waals surface area contributed by atoms with Gasteiger partial charge in [-0.25, -0.2) is 0 Å². The minimum atomic E-state index is -0.209. The Hall–Kier alpha value is -3.80. The molecule has 0 aromatic heterocycles. The molecule has 3 N–H and O–H groups in total. The fourth-order valence-electron chi connectivity index (χ4n) is 2.95. The summed E-state index contributed by atoms with van der Waals surface area (Å²) in [6.45, 7) is 4.11. The molecule has 0 aliphatic rings. The van der Waals surface area contributed by atoms with Crippen molar-refractivity contribution >= 4 is 28.9 Å². The standard InChI is InChI=1S/C24H25N3O3/c1-16-4-13-22(17(2)14-16)27-23(28)15-25-19-7-5-18(6-8-19)24(29)26-20-9-11-21(30-3)12-10-20/h4-14,25H,15H2,1-3H3,(H,26,29)(H,27,28). The first-order valence-electron chi connectivity index (χ1n) is 9.61. The smallest absolute Gasteiger partial charge is 0.255 e. The summed E-state index contributed by atoms with van der Waals surface area (Å²) in [5.74, 6) is 0.382. The largest absolute Gasteiger partial charge is 0.497 e. The number of amides is 2. The van der Waals surface area contributed by atoms with Gasteiger partial charge < -0.3 is 20.7 Å². The molecule has 3 rings (SSSR count). The van der Waals surface area contributed by atoms with Crippen molar-refractivity contribution in [3.05, 3.63) is 83.4 Å². The van der Waals surface area contributed by atoms with E-state index in [1.807, 2.05) is 32.0 Å². The minimum absolute atomic E-state index is 0.130. The normalized spacial score (nSPS) is 10.2. The van der Waals surface area contributed by atoms with Crippen molar-refractivity contribution in [3.63, 3.8) is 0 Å². The second-order valence-electron chi connectivity index (χ2n) is 6.98. The van der Waals surface area contributed by atoms with Gasteiger partial charge in [0, 0.05) is 22.6 Å². The van der Waals surface area contributed by atoms with Crippen molar-refractivity contribution < 1.29 is 14.3 Å². The SMILES string of the molecule is COc1ccc(NC(=O)c2ccc(NCC(=O)Nc3ccc(C)cc3C)cc2)cc1. The third-order valence-corrected chi connectivity index (χ3v) is 4.60. The maximum atomic E-state index is 12.4. The summed E-state index contributed by atoms with van der Waals surface area (Å²) in [6.07, 6.45) is 0. The Morgan fingerprint density at radius 3 is 2.13 bits per heavy atom. The molecule has 3 aromatic carbocycles. The van der Waals surface area contributed by atoms with Gasteiger partial charge in [0.25, 0.3) is 5.91 Å². The molecule has 2 amide bonds.